The van der Waals surface area contributed by atoms with Crippen molar-refractivity contribution in [1.29, 1.82) is 0 Å². The summed E-state index contributed by atoms with van der Waals surface area (Å²) < 4.78 is 0. The molecule has 1 aliphatic heterocycles. The van der Waals surface area contributed by atoms with Gasteiger partial charge in [0.1, 0.15) is 0 Å². The first-order valence-electron chi connectivity index (χ1n) is 8.11. The van der Waals surface area contributed by atoms with Crippen LogP contribution in [0.3, 0.4) is 0 Å². The van der Waals surface area contributed by atoms with Crippen LogP contribution in [0.2, 0.25) is 0 Å². The minimum atomic E-state index is -0.209. The number of hydrogen-bond donors (Lipinski definition) is 2. The second-order valence-corrected chi connectivity index (χ2v) is 6.85. The Hall–Kier alpha value is -3.12. The summed E-state index contributed by atoms with van der Waals surface area (Å²) in [6.45, 7) is 0.351. The maximum Gasteiger partial charge on any atom is 0.256 e. The predicted molar refractivity (Wildman–Crippen MR) is 100 cm³/mol. The lowest BCUT2D eigenvalue weighted by atomic mass is 10.1. The molecule has 6 heteroatoms. The number of fused-ring (bicyclic) bond motifs is 2. The summed E-state index contributed by atoms with van der Waals surface area (Å²) in [5.41, 5.74) is 2.55. The first kappa shape index (κ1) is 16.4. The molecule has 2 aromatic carbocycles. The number of hydrogen-bond acceptors (Lipinski definition) is 4. The van der Waals surface area contributed by atoms with Crippen molar-refractivity contribution in [3.05, 3.63) is 83.7 Å². The molecule has 0 saturated heterocycles. The number of carbonyl (C=O) groups is 2. The van der Waals surface area contributed by atoms with E-state index in [4.69, 9.17) is 0 Å². The standard InChI is InChI=1S/C20H15N3O2S/c24-19(22-12-14-5-3-4-10-21-14)13-8-9-18-16(11-13)23-20(25)15-6-1-2-7-17(15)26-18/h1-11H,12H2,(H,22,24)(H,23,25). The molecule has 0 unspecified atom stereocenters. The van der Waals surface area contributed by atoms with Crippen molar-refractivity contribution < 1.29 is 9.59 Å². The fourth-order valence-corrected chi connectivity index (χ4v) is 3.70. The number of aromatic nitrogens is 1. The van der Waals surface area contributed by atoms with Gasteiger partial charge in [0.05, 0.1) is 23.5 Å². The largest absolute Gasteiger partial charge is 0.346 e. The van der Waals surface area contributed by atoms with Crippen LogP contribution in [-0.4, -0.2) is 16.8 Å². The highest BCUT2D eigenvalue weighted by Gasteiger charge is 2.20. The highest BCUT2D eigenvalue weighted by molar-refractivity contribution is 7.99. The van der Waals surface area contributed by atoms with Gasteiger partial charge >= 0.3 is 0 Å². The summed E-state index contributed by atoms with van der Waals surface area (Å²) >= 11 is 1.51. The zero-order chi connectivity index (χ0) is 17.9. The fraction of sp³-hybridized carbons (Fsp3) is 0.0500. The third-order valence-electron chi connectivity index (χ3n) is 4.00. The zero-order valence-electron chi connectivity index (χ0n) is 13.7. The monoisotopic (exact) mass is 361 g/mol. The molecule has 2 N–H and O–H groups in total. The molecule has 1 aromatic heterocycles. The van der Waals surface area contributed by atoms with E-state index in [2.05, 4.69) is 15.6 Å². The molecule has 0 fully saturated rings. The number of benzene rings is 2. The van der Waals surface area contributed by atoms with Gasteiger partial charge in [0.2, 0.25) is 0 Å². The van der Waals surface area contributed by atoms with Gasteiger partial charge in [0.15, 0.2) is 0 Å². The van der Waals surface area contributed by atoms with Crippen molar-refractivity contribution in [1.82, 2.24) is 10.3 Å². The van der Waals surface area contributed by atoms with Crippen LogP contribution in [-0.2, 0) is 6.54 Å². The van der Waals surface area contributed by atoms with Crippen LogP contribution in [0.1, 0.15) is 26.4 Å². The lowest BCUT2D eigenvalue weighted by Crippen LogP contribution is -2.23. The molecule has 0 spiro atoms. The summed E-state index contributed by atoms with van der Waals surface area (Å²) in [7, 11) is 0. The molecule has 0 atom stereocenters. The van der Waals surface area contributed by atoms with E-state index < -0.39 is 0 Å². The molecule has 0 radical (unpaired) electrons. The minimum Gasteiger partial charge on any atom is -0.346 e. The van der Waals surface area contributed by atoms with Gasteiger partial charge in [0.25, 0.3) is 11.8 Å². The molecular formula is C20H15N3O2S. The predicted octanol–water partition coefficient (Wildman–Crippen LogP) is 3.73. The van der Waals surface area contributed by atoms with Crippen molar-refractivity contribution in [2.24, 2.45) is 0 Å². The summed E-state index contributed by atoms with van der Waals surface area (Å²) in [6.07, 6.45) is 1.69. The van der Waals surface area contributed by atoms with Crippen LogP contribution in [0.4, 0.5) is 5.69 Å². The van der Waals surface area contributed by atoms with Crippen molar-refractivity contribution in [2.45, 2.75) is 16.3 Å². The van der Waals surface area contributed by atoms with Crippen molar-refractivity contribution in [3.8, 4) is 0 Å². The van der Waals surface area contributed by atoms with E-state index in [1.807, 2.05) is 42.5 Å². The van der Waals surface area contributed by atoms with Crippen LogP contribution in [0.5, 0.6) is 0 Å². The molecular weight excluding hydrogens is 346 g/mol. The Morgan fingerprint density at radius 2 is 1.88 bits per heavy atom. The molecule has 26 heavy (non-hydrogen) atoms. The smallest absolute Gasteiger partial charge is 0.256 e. The quantitative estimate of drug-likeness (QED) is 0.746. The normalized spacial score (nSPS) is 12.4. The third-order valence-corrected chi connectivity index (χ3v) is 5.15. The highest BCUT2D eigenvalue weighted by Crippen LogP contribution is 2.38. The second kappa shape index (κ2) is 7.01. The Labute approximate surface area is 154 Å². The van der Waals surface area contributed by atoms with E-state index in [-0.39, 0.29) is 11.8 Å². The van der Waals surface area contributed by atoms with Crippen LogP contribution < -0.4 is 10.6 Å². The lowest BCUT2D eigenvalue weighted by molar-refractivity contribution is 0.0949. The Bertz CT molecular complexity index is 989. The topological polar surface area (TPSA) is 71.1 Å². The van der Waals surface area contributed by atoms with Crippen LogP contribution >= 0.6 is 11.8 Å². The molecule has 5 nitrogen and oxygen atoms in total. The summed E-state index contributed by atoms with van der Waals surface area (Å²) in [5.74, 6) is -0.377. The van der Waals surface area contributed by atoms with Gasteiger partial charge in [-0.3, -0.25) is 14.6 Å². The second-order valence-electron chi connectivity index (χ2n) is 5.77. The van der Waals surface area contributed by atoms with E-state index in [0.29, 0.717) is 23.4 Å². The Balaban J connectivity index is 1.55. The van der Waals surface area contributed by atoms with Gasteiger partial charge < -0.3 is 10.6 Å². The molecule has 1 aliphatic rings. The summed E-state index contributed by atoms with van der Waals surface area (Å²) in [5, 5.41) is 5.74. The molecule has 0 aliphatic carbocycles. The molecule has 2 amide bonds. The van der Waals surface area contributed by atoms with E-state index >= 15 is 0 Å². The molecule has 2 heterocycles. The number of nitrogens with one attached hydrogen (secondary N) is 2. The number of pyridine rings is 1. The molecule has 4 rings (SSSR count). The van der Waals surface area contributed by atoms with Gasteiger partial charge in [-0.05, 0) is 42.5 Å². The average Bonchev–Trinajstić information content (AvgIpc) is 2.82. The van der Waals surface area contributed by atoms with Crippen molar-refractivity contribution >= 4 is 29.3 Å². The number of amides is 2. The molecule has 0 bridgehead atoms. The summed E-state index contributed by atoms with van der Waals surface area (Å²) in [6, 6.07) is 18.3. The number of rotatable bonds is 3. The van der Waals surface area contributed by atoms with Gasteiger partial charge in [-0.1, -0.05) is 30.0 Å². The van der Waals surface area contributed by atoms with E-state index in [1.165, 1.54) is 11.8 Å². The van der Waals surface area contributed by atoms with Crippen LogP contribution in [0, 0.1) is 0 Å². The van der Waals surface area contributed by atoms with Gasteiger partial charge in [0, 0.05) is 21.6 Å². The van der Waals surface area contributed by atoms with Crippen molar-refractivity contribution in [2.75, 3.05) is 5.32 Å². The van der Waals surface area contributed by atoms with Crippen LogP contribution in [0.15, 0.2) is 76.7 Å². The summed E-state index contributed by atoms with van der Waals surface area (Å²) in [4.78, 5) is 30.8. The van der Waals surface area contributed by atoms with E-state index in [0.717, 1.165) is 15.5 Å². The Morgan fingerprint density at radius 3 is 2.73 bits per heavy atom. The van der Waals surface area contributed by atoms with Gasteiger partial charge in [-0.15, -0.1) is 0 Å². The van der Waals surface area contributed by atoms with E-state index in [9.17, 15) is 9.59 Å². The lowest BCUT2D eigenvalue weighted by Gasteiger charge is -2.09. The number of anilines is 1. The fourth-order valence-electron chi connectivity index (χ4n) is 2.68. The zero-order valence-corrected chi connectivity index (χ0v) is 14.5. The van der Waals surface area contributed by atoms with Crippen LogP contribution in [0.25, 0.3) is 0 Å². The van der Waals surface area contributed by atoms with E-state index in [1.54, 1.807) is 24.4 Å². The SMILES string of the molecule is O=C(NCc1ccccn1)c1ccc2c(c1)NC(=O)c1ccccc1S2. The maximum atomic E-state index is 12.4. The van der Waals surface area contributed by atoms with Crippen molar-refractivity contribution in [3.63, 3.8) is 0 Å². The Kier molecular flexibility index (Phi) is 4.41. The van der Waals surface area contributed by atoms with Gasteiger partial charge in [-0.25, -0.2) is 0 Å². The molecule has 3 aromatic rings. The first-order valence-corrected chi connectivity index (χ1v) is 8.93. The minimum absolute atomic E-state index is 0.169. The first-order chi connectivity index (χ1) is 12.7. The van der Waals surface area contributed by atoms with Gasteiger partial charge in [-0.2, -0.15) is 0 Å². The maximum absolute atomic E-state index is 12.4. The average molecular weight is 361 g/mol. The molecule has 128 valence electrons. The highest BCUT2D eigenvalue weighted by atomic mass is 32.2. The number of nitrogens with zero attached hydrogens (tertiary/aromatic N) is 1. The Morgan fingerprint density at radius 1 is 1.04 bits per heavy atom. The molecule has 0 saturated carbocycles. The number of carbonyl (C=O) groups excluding carboxylic acids is 2. The third kappa shape index (κ3) is 3.32.